The van der Waals surface area contributed by atoms with Crippen molar-refractivity contribution in [1.29, 1.82) is 0 Å². The Balaban J connectivity index is 2.83. The van der Waals surface area contributed by atoms with Gasteiger partial charge in [0.2, 0.25) is 0 Å². The van der Waals surface area contributed by atoms with Gasteiger partial charge in [0.1, 0.15) is 5.72 Å². The van der Waals surface area contributed by atoms with Gasteiger partial charge in [-0.25, -0.2) is 0 Å². The predicted molar refractivity (Wildman–Crippen MR) is 74.0 cm³/mol. The van der Waals surface area contributed by atoms with Crippen LogP contribution in [0.15, 0.2) is 0 Å². The molecule has 1 fully saturated rings. The molecule has 0 aromatic heterocycles. The first-order chi connectivity index (χ1) is 7.87. The summed E-state index contributed by atoms with van der Waals surface area (Å²) >= 11 is 0. The third-order valence-corrected chi connectivity index (χ3v) is 3.90. The van der Waals surface area contributed by atoms with Crippen molar-refractivity contribution in [3.05, 3.63) is 0 Å². The topological polar surface area (TPSA) is 21.3 Å². The van der Waals surface area contributed by atoms with Gasteiger partial charge in [-0.05, 0) is 18.8 Å². The Hall–Kier alpha value is -0.0800. The first kappa shape index (κ1) is 15.0. The number of rotatable bonds is 5. The molecule has 0 aromatic rings. The van der Waals surface area contributed by atoms with E-state index in [2.05, 4.69) is 46.9 Å². The van der Waals surface area contributed by atoms with Crippen LogP contribution in [0.2, 0.25) is 0 Å². The van der Waals surface area contributed by atoms with Gasteiger partial charge in [0.05, 0.1) is 6.10 Å². The molecule has 1 heterocycles. The Morgan fingerprint density at radius 1 is 1.18 bits per heavy atom. The van der Waals surface area contributed by atoms with Crippen LogP contribution in [-0.2, 0) is 4.74 Å². The molecule has 1 aliphatic rings. The third kappa shape index (κ3) is 3.45. The fourth-order valence-electron chi connectivity index (χ4n) is 3.20. The maximum Gasteiger partial charge on any atom is 0.119 e. The van der Waals surface area contributed by atoms with Crippen LogP contribution in [0.25, 0.3) is 0 Å². The van der Waals surface area contributed by atoms with Gasteiger partial charge in [-0.2, -0.15) is 0 Å². The highest BCUT2D eigenvalue weighted by Gasteiger charge is 2.45. The lowest BCUT2D eigenvalue weighted by Gasteiger charge is -2.51. The van der Waals surface area contributed by atoms with E-state index in [9.17, 15) is 0 Å². The van der Waals surface area contributed by atoms with Crippen LogP contribution in [0.5, 0.6) is 0 Å². The van der Waals surface area contributed by atoms with E-state index in [4.69, 9.17) is 4.74 Å². The Bertz CT molecular complexity index is 229. The lowest BCUT2D eigenvalue weighted by molar-refractivity contribution is -0.209. The maximum atomic E-state index is 6.52. The van der Waals surface area contributed by atoms with Crippen molar-refractivity contribution in [2.45, 2.75) is 79.1 Å². The molecular weight excluding hydrogens is 210 g/mol. The molecule has 0 bridgehead atoms. The van der Waals surface area contributed by atoms with Crippen LogP contribution in [-0.4, -0.2) is 18.4 Å². The number of nitrogens with one attached hydrogen (secondary N) is 1. The summed E-state index contributed by atoms with van der Waals surface area (Å²) in [5, 5.41) is 3.69. The summed E-state index contributed by atoms with van der Waals surface area (Å²) in [7, 11) is 0. The second-order valence-electron chi connectivity index (χ2n) is 6.62. The van der Waals surface area contributed by atoms with Crippen molar-refractivity contribution in [3.63, 3.8) is 0 Å². The molecule has 0 saturated carbocycles. The van der Waals surface area contributed by atoms with Crippen molar-refractivity contribution >= 4 is 0 Å². The van der Waals surface area contributed by atoms with E-state index in [1.165, 1.54) is 12.8 Å². The van der Waals surface area contributed by atoms with E-state index in [-0.39, 0.29) is 11.1 Å². The molecule has 2 heteroatoms. The van der Waals surface area contributed by atoms with Gasteiger partial charge in [-0.15, -0.1) is 0 Å². The molecule has 102 valence electrons. The van der Waals surface area contributed by atoms with Gasteiger partial charge >= 0.3 is 0 Å². The van der Waals surface area contributed by atoms with E-state index >= 15 is 0 Å². The normalized spacial score (nSPS) is 27.4. The first-order valence-corrected chi connectivity index (χ1v) is 7.29. The number of ether oxygens (including phenoxy) is 1. The van der Waals surface area contributed by atoms with E-state index in [1.807, 2.05) is 0 Å². The minimum atomic E-state index is -0.0616. The Kier molecular flexibility index (Phi) is 5.03. The zero-order chi connectivity index (χ0) is 13.1. The molecule has 1 N–H and O–H groups in total. The first-order valence-electron chi connectivity index (χ1n) is 7.29. The Labute approximate surface area is 108 Å². The van der Waals surface area contributed by atoms with Crippen LogP contribution in [0.4, 0.5) is 0 Å². The zero-order valence-corrected chi connectivity index (χ0v) is 12.6. The van der Waals surface area contributed by atoms with Crippen LogP contribution in [0.3, 0.4) is 0 Å². The number of hydrogen-bond donors (Lipinski definition) is 1. The molecule has 1 rings (SSSR count). The van der Waals surface area contributed by atoms with Gasteiger partial charge in [-0.1, -0.05) is 54.4 Å². The summed E-state index contributed by atoms with van der Waals surface area (Å²) in [6.45, 7) is 14.7. The Morgan fingerprint density at radius 2 is 1.71 bits per heavy atom. The molecule has 1 unspecified atom stereocenters. The van der Waals surface area contributed by atoms with E-state index < -0.39 is 0 Å². The van der Waals surface area contributed by atoms with Crippen LogP contribution in [0, 0.1) is 11.3 Å². The molecule has 2 nitrogen and oxygen atoms in total. The molecule has 1 aliphatic heterocycles. The fourth-order valence-corrected chi connectivity index (χ4v) is 3.20. The van der Waals surface area contributed by atoms with Gasteiger partial charge in [0.25, 0.3) is 0 Å². The summed E-state index contributed by atoms with van der Waals surface area (Å²) in [6, 6.07) is 0. The Morgan fingerprint density at radius 3 is 2.12 bits per heavy atom. The summed E-state index contributed by atoms with van der Waals surface area (Å²) in [5.41, 5.74) is 0.174. The lowest BCUT2D eigenvalue weighted by Crippen LogP contribution is -2.62. The van der Waals surface area contributed by atoms with Gasteiger partial charge in [0, 0.05) is 12.0 Å². The van der Waals surface area contributed by atoms with E-state index in [1.54, 1.807) is 0 Å². The van der Waals surface area contributed by atoms with Gasteiger partial charge in [-0.3, -0.25) is 5.32 Å². The van der Waals surface area contributed by atoms with Crippen molar-refractivity contribution in [2.24, 2.45) is 11.3 Å². The summed E-state index contributed by atoms with van der Waals surface area (Å²) < 4.78 is 6.52. The van der Waals surface area contributed by atoms with Crippen LogP contribution >= 0.6 is 0 Å². The predicted octanol–water partition coefficient (Wildman–Crippen LogP) is 3.95. The van der Waals surface area contributed by atoms with E-state index in [0.29, 0.717) is 12.0 Å². The molecular formula is C15H31NO. The molecule has 0 radical (unpaired) electrons. The standard InChI is InChI=1S/C15H31NO/c1-7-9-15(10-8-2)16-11-14(5,6)13(17-15)12(3)4/h12-13,16H,7-11H2,1-6H3. The van der Waals surface area contributed by atoms with Gasteiger partial charge in [0.15, 0.2) is 0 Å². The monoisotopic (exact) mass is 241 g/mol. The minimum absolute atomic E-state index is 0.0616. The highest BCUT2D eigenvalue weighted by atomic mass is 16.5. The smallest absolute Gasteiger partial charge is 0.119 e. The molecule has 0 aliphatic carbocycles. The summed E-state index contributed by atoms with van der Waals surface area (Å²) in [5.74, 6) is 0.584. The van der Waals surface area contributed by atoms with Crippen molar-refractivity contribution < 1.29 is 4.74 Å². The second kappa shape index (κ2) is 5.71. The SMILES string of the molecule is CCCC1(CCC)NCC(C)(C)C(C(C)C)O1. The van der Waals surface area contributed by atoms with Crippen LogP contribution < -0.4 is 5.32 Å². The number of hydrogen-bond acceptors (Lipinski definition) is 2. The van der Waals surface area contributed by atoms with E-state index in [0.717, 1.165) is 19.4 Å². The molecule has 0 aromatic carbocycles. The van der Waals surface area contributed by atoms with Crippen molar-refractivity contribution in [1.82, 2.24) is 5.32 Å². The maximum absolute atomic E-state index is 6.52. The van der Waals surface area contributed by atoms with Crippen LogP contribution in [0.1, 0.15) is 67.2 Å². The summed E-state index contributed by atoms with van der Waals surface area (Å²) in [6.07, 6.45) is 4.97. The van der Waals surface area contributed by atoms with Crippen molar-refractivity contribution in [3.8, 4) is 0 Å². The molecule has 1 saturated heterocycles. The molecule has 1 atom stereocenters. The fraction of sp³-hybridized carbons (Fsp3) is 1.00. The largest absolute Gasteiger partial charge is 0.357 e. The minimum Gasteiger partial charge on any atom is -0.357 e. The molecule has 0 spiro atoms. The zero-order valence-electron chi connectivity index (χ0n) is 12.6. The second-order valence-corrected chi connectivity index (χ2v) is 6.62. The average molecular weight is 241 g/mol. The highest BCUT2D eigenvalue weighted by Crippen LogP contribution is 2.38. The molecule has 17 heavy (non-hydrogen) atoms. The van der Waals surface area contributed by atoms with Crippen molar-refractivity contribution in [2.75, 3.05) is 6.54 Å². The highest BCUT2D eigenvalue weighted by molar-refractivity contribution is 4.94. The third-order valence-electron chi connectivity index (χ3n) is 3.90. The quantitative estimate of drug-likeness (QED) is 0.787. The lowest BCUT2D eigenvalue weighted by atomic mass is 9.77. The van der Waals surface area contributed by atoms with Gasteiger partial charge < -0.3 is 4.74 Å². The average Bonchev–Trinajstić information content (AvgIpc) is 2.22. The molecule has 0 amide bonds. The summed E-state index contributed by atoms with van der Waals surface area (Å²) in [4.78, 5) is 0.